The second-order valence-corrected chi connectivity index (χ2v) is 1.79. The molecule has 0 radical (unpaired) electrons. The molecule has 0 bridgehead atoms. The van der Waals surface area contributed by atoms with Gasteiger partial charge in [-0.3, -0.25) is 0 Å². The van der Waals surface area contributed by atoms with Crippen LogP contribution < -0.4 is 5.73 Å². The number of nitrogens with two attached hydrogens (primary N) is 1. The van der Waals surface area contributed by atoms with Crippen LogP contribution in [-0.2, 0) is 0 Å². The summed E-state index contributed by atoms with van der Waals surface area (Å²) in [5.74, 6) is 0.512. The summed E-state index contributed by atoms with van der Waals surface area (Å²) < 4.78 is 4.70. The average Bonchev–Trinajstić information content (AvgIpc) is 2.37. The Balaban J connectivity index is 2.65. The molecule has 0 unspecified atom stereocenters. The Morgan fingerprint density at radius 2 is 2.67 bits per heavy atom. The van der Waals surface area contributed by atoms with Crippen LogP contribution in [0.4, 0.5) is 0 Å². The molecule has 0 spiro atoms. The van der Waals surface area contributed by atoms with E-state index in [1.807, 2.05) is 6.92 Å². The molecule has 0 aliphatic carbocycles. The van der Waals surface area contributed by atoms with Crippen molar-refractivity contribution >= 4 is 0 Å². The van der Waals surface area contributed by atoms with Crippen LogP contribution in [-0.4, -0.2) is 10.1 Å². The molecule has 0 fully saturated rings. The Bertz CT molecular complexity index is 161. The minimum Gasteiger partial charge on any atom is -0.338 e. The van der Waals surface area contributed by atoms with Crippen molar-refractivity contribution in [2.24, 2.45) is 5.73 Å². The van der Waals surface area contributed by atoms with Gasteiger partial charge in [0.25, 0.3) is 0 Å². The minimum atomic E-state index is -0.104. The van der Waals surface area contributed by atoms with Crippen molar-refractivity contribution in [2.75, 3.05) is 0 Å². The molecule has 0 aliphatic heterocycles. The van der Waals surface area contributed by atoms with Gasteiger partial charge in [0.1, 0.15) is 0 Å². The molecule has 1 heterocycles. The molecule has 1 atom stereocenters. The fraction of sp³-hybridized carbons (Fsp3) is 0.600. The fourth-order valence-corrected chi connectivity index (χ4v) is 0.520. The topological polar surface area (TPSA) is 64.9 Å². The zero-order valence-electron chi connectivity index (χ0n) is 5.24. The van der Waals surface area contributed by atoms with Crippen LogP contribution in [0.5, 0.6) is 0 Å². The largest absolute Gasteiger partial charge is 0.338 e. The van der Waals surface area contributed by atoms with Crippen LogP contribution in [0.25, 0.3) is 0 Å². The van der Waals surface area contributed by atoms with E-state index >= 15 is 0 Å². The lowest BCUT2D eigenvalue weighted by atomic mass is 10.2. The summed E-state index contributed by atoms with van der Waals surface area (Å²) in [5, 5.41) is 3.43. The van der Waals surface area contributed by atoms with Crippen molar-refractivity contribution in [2.45, 2.75) is 19.4 Å². The predicted octanol–water partition coefficient (Wildman–Crippen LogP) is 0.479. The van der Waals surface area contributed by atoms with Gasteiger partial charge in [0.2, 0.25) is 5.89 Å². The van der Waals surface area contributed by atoms with Gasteiger partial charge in [-0.2, -0.15) is 4.98 Å². The fourth-order valence-electron chi connectivity index (χ4n) is 0.520. The van der Waals surface area contributed by atoms with E-state index in [-0.39, 0.29) is 6.04 Å². The number of rotatable bonds is 2. The molecule has 0 saturated heterocycles. The maximum Gasteiger partial charge on any atom is 0.243 e. The normalized spacial score (nSPS) is 13.6. The van der Waals surface area contributed by atoms with Crippen molar-refractivity contribution < 1.29 is 4.52 Å². The van der Waals surface area contributed by atoms with E-state index in [2.05, 4.69) is 10.1 Å². The van der Waals surface area contributed by atoms with Crippen molar-refractivity contribution in [1.29, 1.82) is 0 Å². The lowest BCUT2D eigenvalue weighted by Crippen LogP contribution is -2.08. The SMILES string of the molecule is CC[C@@H](N)c1ncno1. The van der Waals surface area contributed by atoms with Gasteiger partial charge in [-0.15, -0.1) is 0 Å². The second kappa shape index (κ2) is 2.59. The average molecular weight is 127 g/mol. The first-order valence-corrected chi connectivity index (χ1v) is 2.86. The van der Waals surface area contributed by atoms with Gasteiger partial charge >= 0.3 is 0 Å². The summed E-state index contributed by atoms with van der Waals surface area (Å²) in [6, 6.07) is -0.104. The van der Waals surface area contributed by atoms with E-state index in [1.54, 1.807) is 0 Å². The quantitative estimate of drug-likeness (QED) is 0.627. The van der Waals surface area contributed by atoms with Crippen LogP contribution in [0.2, 0.25) is 0 Å². The molecule has 4 nitrogen and oxygen atoms in total. The summed E-state index contributed by atoms with van der Waals surface area (Å²) in [6.45, 7) is 1.97. The highest BCUT2D eigenvalue weighted by Crippen LogP contribution is 2.07. The first-order valence-electron chi connectivity index (χ1n) is 2.86. The Hall–Kier alpha value is -0.900. The lowest BCUT2D eigenvalue weighted by Gasteiger charge is -1.98. The van der Waals surface area contributed by atoms with E-state index in [0.717, 1.165) is 6.42 Å². The molecule has 0 saturated carbocycles. The van der Waals surface area contributed by atoms with Crippen molar-refractivity contribution in [1.82, 2.24) is 10.1 Å². The minimum absolute atomic E-state index is 0.104. The van der Waals surface area contributed by atoms with Crippen molar-refractivity contribution in [3.8, 4) is 0 Å². The monoisotopic (exact) mass is 127 g/mol. The van der Waals surface area contributed by atoms with Crippen LogP contribution in [0.3, 0.4) is 0 Å². The molecular weight excluding hydrogens is 118 g/mol. The second-order valence-electron chi connectivity index (χ2n) is 1.79. The van der Waals surface area contributed by atoms with Crippen LogP contribution in [0.15, 0.2) is 10.9 Å². The Morgan fingerprint density at radius 3 is 3.11 bits per heavy atom. The molecule has 50 valence electrons. The third-order valence-corrected chi connectivity index (χ3v) is 1.14. The van der Waals surface area contributed by atoms with Gasteiger partial charge in [-0.1, -0.05) is 12.1 Å². The first kappa shape index (κ1) is 6.22. The van der Waals surface area contributed by atoms with Gasteiger partial charge in [-0.25, -0.2) is 0 Å². The zero-order chi connectivity index (χ0) is 6.69. The number of aromatic nitrogens is 2. The van der Waals surface area contributed by atoms with E-state index < -0.39 is 0 Å². The Kier molecular flexibility index (Phi) is 1.79. The smallest absolute Gasteiger partial charge is 0.243 e. The van der Waals surface area contributed by atoms with Gasteiger partial charge < -0.3 is 10.3 Å². The summed E-state index contributed by atoms with van der Waals surface area (Å²) in [5.41, 5.74) is 5.54. The van der Waals surface area contributed by atoms with Crippen LogP contribution in [0.1, 0.15) is 25.3 Å². The zero-order valence-corrected chi connectivity index (χ0v) is 5.24. The van der Waals surface area contributed by atoms with Gasteiger partial charge in [0, 0.05) is 0 Å². The summed E-state index contributed by atoms with van der Waals surface area (Å²) >= 11 is 0. The Labute approximate surface area is 53.1 Å². The number of hydrogen-bond donors (Lipinski definition) is 1. The standard InChI is InChI=1S/C5H9N3O/c1-2-4(6)5-7-3-8-9-5/h3-4H,2,6H2,1H3/t4-/m1/s1. The molecule has 4 heteroatoms. The highest BCUT2D eigenvalue weighted by molar-refractivity contribution is 4.82. The van der Waals surface area contributed by atoms with E-state index in [0.29, 0.717) is 5.89 Å². The third-order valence-electron chi connectivity index (χ3n) is 1.14. The highest BCUT2D eigenvalue weighted by Gasteiger charge is 2.07. The molecule has 0 aliphatic rings. The lowest BCUT2D eigenvalue weighted by molar-refractivity contribution is 0.351. The predicted molar refractivity (Wildman–Crippen MR) is 31.5 cm³/mol. The first-order chi connectivity index (χ1) is 4.34. The number of hydrogen-bond acceptors (Lipinski definition) is 4. The summed E-state index contributed by atoms with van der Waals surface area (Å²) in [6.07, 6.45) is 2.17. The molecule has 2 N–H and O–H groups in total. The van der Waals surface area contributed by atoms with E-state index in [1.165, 1.54) is 6.33 Å². The van der Waals surface area contributed by atoms with E-state index in [4.69, 9.17) is 10.3 Å². The molecule has 0 aromatic carbocycles. The highest BCUT2D eigenvalue weighted by atomic mass is 16.5. The maximum atomic E-state index is 5.54. The van der Waals surface area contributed by atoms with Crippen LogP contribution >= 0.6 is 0 Å². The molecule has 1 rings (SSSR count). The van der Waals surface area contributed by atoms with Crippen molar-refractivity contribution in [3.63, 3.8) is 0 Å². The molecule has 0 amide bonds. The van der Waals surface area contributed by atoms with Crippen LogP contribution in [0, 0.1) is 0 Å². The molecule has 1 aromatic rings. The summed E-state index contributed by atoms with van der Waals surface area (Å²) in [4.78, 5) is 3.78. The maximum absolute atomic E-state index is 5.54. The van der Waals surface area contributed by atoms with Gasteiger partial charge in [0.15, 0.2) is 6.33 Å². The Morgan fingerprint density at radius 1 is 1.89 bits per heavy atom. The molecular formula is C5H9N3O. The van der Waals surface area contributed by atoms with Crippen molar-refractivity contribution in [3.05, 3.63) is 12.2 Å². The molecule has 1 aromatic heterocycles. The van der Waals surface area contributed by atoms with Gasteiger partial charge in [0.05, 0.1) is 6.04 Å². The van der Waals surface area contributed by atoms with Gasteiger partial charge in [-0.05, 0) is 6.42 Å². The van der Waals surface area contributed by atoms with E-state index in [9.17, 15) is 0 Å². The number of nitrogens with zero attached hydrogens (tertiary/aromatic N) is 2. The summed E-state index contributed by atoms with van der Waals surface area (Å²) in [7, 11) is 0. The third kappa shape index (κ3) is 1.26. The molecule has 9 heavy (non-hydrogen) atoms.